The van der Waals surface area contributed by atoms with E-state index < -0.39 is 22.1 Å². The average molecular weight is 737 g/mol. The first kappa shape index (κ1) is 38.0. The fourth-order valence-electron chi connectivity index (χ4n) is 6.01. The highest BCUT2D eigenvalue weighted by molar-refractivity contribution is 7.88. The van der Waals surface area contributed by atoms with Crippen LogP contribution < -0.4 is 9.46 Å². The summed E-state index contributed by atoms with van der Waals surface area (Å²) in [5.74, 6) is 1.21. The van der Waals surface area contributed by atoms with Crippen molar-refractivity contribution in [1.29, 1.82) is 0 Å². The molecule has 0 aromatic heterocycles. The lowest BCUT2D eigenvalue weighted by atomic mass is 9.86. The fraction of sp³-hybridized carbons (Fsp3) is 0.429. The Kier molecular flexibility index (Phi) is 12.5. The largest absolute Gasteiger partial charge is 0.493 e. The number of halogens is 3. The molecule has 3 aromatic rings. The standard InChI is InChI=1S/C35H43Cl2N5O4S.ClH/c1-6-46-30-23-26(35(2,3)4)11-16-29(30)33-39-31(24-7-12-27(36)13-8-24)32(25-9-14-28(37)15-10-25)42(33)34(43)41-21-19-40(20-22-41)18-17-38-47(5,44)45;/h7-16,23,31-32,38H,6,17-22H2,1-5H3;1H/t31-,32+;/m0./s1. The Morgan fingerprint density at radius 3 is 2.06 bits per heavy atom. The van der Waals surface area contributed by atoms with E-state index in [1.807, 2.05) is 71.3 Å². The van der Waals surface area contributed by atoms with Crippen LogP contribution >= 0.6 is 35.6 Å². The van der Waals surface area contributed by atoms with Crippen molar-refractivity contribution in [2.75, 3.05) is 52.1 Å². The van der Waals surface area contributed by atoms with E-state index in [0.717, 1.165) is 28.5 Å². The molecule has 5 rings (SSSR count). The van der Waals surface area contributed by atoms with E-state index in [4.69, 9.17) is 32.9 Å². The molecule has 0 spiro atoms. The summed E-state index contributed by atoms with van der Waals surface area (Å²) >= 11 is 12.6. The fourth-order valence-corrected chi connectivity index (χ4v) is 6.72. The lowest BCUT2D eigenvalue weighted by molar-refractivity contribution is 0.120. The molecule has 2 aliphatic heterocycles. The molecule has 0 saturated carbocycles. The summed E-state index contributed by atoms with van der Waals surface area (Å²) in [5, 5.41) is 1.22. The number of rotatable bonds is 9. The van der Waals surface area contributed by atoms with Gasteiger partial charge < -0.3 is 9.64 Å². The first-order chi connectivity index (χ1) is 22.2. The summed E-state index contributed by atoms with van der Waals surface area (Å²) in [7, 11) is -3.26. The molecule has 2 heterocycles. The minimum absolute atomic E-state index is 0. The molecule has 48 heavy (non-hydrogen) atoms. The second kappa shape index (κ2) is 15.8. The van der Waals surface area contributed by atoms with Gasteiger partial charge in [-0.3, -0.25) is 14.8 Å². The highest BCUT2D eigenvalue weighted by Gasteiger charge is 2.45. The molecule has 0 radical (unpaired) electrons. The summed E-state index contributed by atoms with van der Waals surface area (Å²) in [5.41, 5.74) is 3.58. The minimum atomic E-state index is -3.26. The number of benzene rings is 3. The van der Waals surface area contributed by atoms with Gasteiger partial charge in [0.1, 0.15) is 17.6 Å². The summed E-state index contributed by atoms with van der Waals surface area (Å²) in [6, 6.07) is 20.3. The van der Waals surface area contributed by atoms with Crippen LogP contribution in [0, 0.1) is 0 Å². The predicted octanol–water partition coefficient (Wildman–Crippen LogP) is 6.94. The topological polar surface area (TPSA) is 94.6 Å². The van der Waals surface area contributed by atoms with Gasteiger partial charge in [0.05, 0.1) is 24.5 Å². The lowest BCUT2D eigenvalue weighted by Gasteiger charge is -2.39. The van der Waals surface area contributed by atoms with Crippen molar-refractivity contribution in [2.24, 2.45) is 4.99 Å². The molecule has 0 unspecified atom stereocenters. The number of ether oxygens (including phenoxy) is 1. The van der Waals surface area contributed by atoms with E-state index in [1.54, 1.807) is 0 Å². The summed E-state index contributed by atoms with van der Waals surface area (Å²) < 4.78 is 31.8. The number of amides is 2. The molecule has 1 saturated heterocycles. The number of nitrogens with one attached hydrogen (secondary N) is 1. The van der Waals surface area contributed by atoms with Gasteiger partial charge in [-0.2, -0.15) is 0 Å². The summed E-state index contributed by atoms with van der Waals surface area (Å²) in [4.78, 5) is 25.9. The summed E-state index contributed by atoms with van der Waals surface area (Å²) in [6.07, 6.45) is 1.15. The van der Waals surface area contributed by atoms with Crippen molar-refractivity contribution in [3.8, 4) is 5.75 Å². The van der Waals surface area contributed by atoms with Gasteiger partial charge in [0.25, 0.3) is 0 Å². The highest BCUT2D eigenvalue weighted by atomic mass is 35.5. The number of nitrogens with zero attached hydrogens (tertiary/aromatic N) is 4. The monoisotopic (exact) mass is 735 g/mol. The van der Waals surface area contributed by atoms with Gasteiger partial charge >= 0.3 is 6.03 Å². The molecule has 0 bridgehead atoms. The van der Waals surface area contributed by atoms with Crippen LogP contribution in [0.25, 0.3) is 0 Å². The molecule has 2 aliphatic rings. The van der Waals surface area contributed by atoms with Crippen LogP contribution in [0.15, 0.2) is 71.7 Å². The Hall–Kier alpha value is -2.86. The van der Waals surface area contributed by atoms with Crippen LogP contribution in [0.3, 0.4) is 0 Å². The second-order valence-electron chi connectivity index (χ2n) is 13.0. The predicted molar refractivity (Wildman–Crippen MR) is 197 cm³/mol. The maximum absolute atomic E-state index is 14.8. The maximum Gasteiger partial charge on any atom is 0.326 e. The van der Waals surface area contributed by atoms with Gasteiger partial charge in [0.15, 0.2) is 0 Å². The number of urea groups is 1. The molecule has 260 valence electrons. The number of piperazine rings is 1. The Bertz CT molecular complexity index is 1710. The molecular formula is C35H44Cl3N5O4S. The number of hydrogen-bond acceptors (Lipinski definition) is 6. The van der Waals surface area contributed by atoms with Gasteiger partial charge in [-0.1, -0.05) is 74.3 Å². The number of carbonyl (C=O) groups excluding carboxylic acids is 1. The number of sulfonamides is 1. The zero-order valence-corrected chi connectivity index (χ0v) is 31.1. The van der Waals surface area contributed by atoms with E-state index in [1.165, 1.54) is 0 Å². The van der Waals surface area contributed by atoms with Gasteiger partial charge in [-0.25, -0.2) is 17.9 Å². The summed E-state index contributed by atoms with van der Waals surface area (Å²) in [6.45, 7) is 12.0. The van der Waals surface area contributed by atoms with Crippen LogP contribution in [0.2, 0.25) is 10.0 Å². The molecule has 3 aromatic carbocycles. The molecule has 13 heteroatoms. The van der Waals surface area contributed by atoms with E-state index in [-0.39, 0.29) is 23.9 Å². The Balaban J connectivity index is 0.00000520. The Morgan fingerprint density at radius 1 is 0.938 bits per heavy atom. The van der Waals surface area contributed by atoms with Crippen LogP contribution in [0.4, 0.5) is 4.79 Å². The van der Waals surface area contributed by atoms with Crippen LogP contribution in [-0.2, 0) is 15.4 Å². The van der Waals surface area contributed by atoms with E-state index >= 15 is 0 Å². The van der Waals surface area contributed by atoms with Gasteiger partial charge in [0, 0.05) is 49.3 Å². The van der Waals surface area contributed by atoms with Crippen molar-refractivity contribution >= 4 is 57.5 Å². The van der Waals surface area contributed by atoms with Crippen molar-refractivity contribution in [1.82, 2.24) is 19.4 Å². The molecule has 1 N–H and O–H groups in total. The van der Waals surface area contributed by atoms with Gasteiger partial charge in [-0.05, 0) is 65.4 Å². The van der Waals surface area contributed by atoms with Gasteiger partial charge in [0.2, 0.25) is 10.0 Å². The zero-order valence-electron chi connectivity index (χ0n) is 27.9. The van der Waals surface area contributed by atoms with Crippen LogP contribution in [-0.4, -0.2) is 87.1 Å². The smallest absolute Gasteiger partial charge is 0.326 e. The van der Waals surface area contributed by atoms with Crippen molar-refractivity contribution in [3.63, 3.8) is 0 Å². The molecule has 0 aliphatic carbocycles. The van der Waals surface area contributed by atoms with Crippen molar-refractivity contribution in [3.05, 3.63) is 99.0 Å². The minimum Gasteiger partial charge on any atom is -0.493 e. The Morgan fingerprint density at radius 2 is 1.52 bits per heavy atom. The average Bonchev–Trinajstić information content (AvgIpc) is 3.41. The van der Waals surface area contributed by atoms with Crippen molar-refractivity contribution < 1.29 is 17.9 Å². The third-order valence-electron chi connectivity index (χ3n) is 8.52. The van der Waals surface area contributed by atoms with E-state index in [9.17, 15) is 13.2 Å². The molecule has 2 amide bonds. The molecule has 2 atom stereocenters. The Labute approximate surface area is 300 Å². The first-order valence-corrected chi connectivity index (χ1v) is 18.5. The number of aliphatic imine (C=N–C) groups is 1. The highest BCUT2D eigenvalue weighted by Crippen LogP contribution is 2.46. The number of carbonyl (C=O) groups is 1. The van der Waals surface area contributed by atoms with Crippen LogP contribution in [0.5, 0.6) is 5.75 Å². The number of hydrogen-bond donors (Lipinski definition) is 1. The maximum atomic E-state index is 14.8. The molecular weight excluding hydrogens is 693 g/mol. The number of amidine groups is 1. The normalized spacial score (nSPS) is 18.8. The van der Waals surface area contributed by atoms with Crippen LogP contribution in [0.1, 0.15) is 62.0 Å². The van der Waals surface area contributed by atoms with Crippen molar-refractivity contribution in [2.45, 2.75) is 45.2 Å². The third-order valence-corrected chi connectivity index (χ3v) is 9.75. The third kappa shape index (κ3) is 9.02. The SMILES string of the molecule is CCOc1cc(C(C)(C)C)ccc1C1=N[C@@H](c2ccc(Cl)cc2)[C@@H](c2ccc(Cl)cc2)N1C(=O)N1CCN(CCNS(C)(=O)=O)CC1.Cl. The quantitative estimate of drug-likeness (QED) is 0.257. The first-order valence-electron chi connectivity index (χ1n) is 15.9. The van der Waals surface area contributed by atoms with E-state index in [0.29, 0.717) is 67.5 Å². The lowest BCUT2D eigenvalue weighted by Crippen LogP contribution is -2.54. The zero-order chi connectivity index (χ0) is 33.9. The molecule has 9 nitrogen and oxygen atoms in total. The second-order valence-corrected chi connectivity index (χ2v) is 15.7. The van der Waals surface area contributed by atoms with Gasteiger partial charge in [-0.15, -0.1) is 12.4 Å². The molecule has 1 fully saturated rings. The van der Waals surface area contributed by atoms with E-state index in [2.05, 4.69) is 42.5 Å².